The van der Waals surface area contributed by atoms with Gasteiger partial charge in [0.05, 0.1) is 0 Å². The minimum atomic E-state index is -1.06. The maximum Gasteiger partial charge on any atom is 0.326 e. The SMILES string of the molecule is CC[C@H](C)[C@H](NC(=O)CCC(=O)c1ccc(Cl)cc1)C(=O)O. The van der Waals surface area contributed by atoms with E-state index in [1.165, 1.54) is 0 Å². The molecule has 0 heterocycles. The Labute approximate surface area is 134 Å². The molecule has 1 rings (SSSR count). The van der Waals surface area contributed by atoms with Crippen LogP contribution in [0.4, 0.5) is 0 Å². The van der Waals surface area contributed by atoms with Crippen LogP contribution in [0, 0.1) is 5.92 Å². The van der Waals surface area contributed by atoms with Gasteiger partial charge in [-0.2, -0.15) is 0 Å². The van der Waals surface area contributed by atoms with Crippen molar-refractivity contribution in [2.45, 2.75) is 39.2 Å². The molecule has 6 heteroatoms. The van der Waals surface area contributed by atoms with Gasteiger partial charge in [-0.25, -0.2) is 4.79 Å². The Balaban J connectivity index is 2.53. The number of amides is 1. The Bertz CT molecular complexity index is 542. The van der Waals surface area contributed by atoms with Gasteiger partial charge in [-0.15, -0.1) is 0 Å². The first-order valence-corrected chi connectivity index (χ1v) is 7.53. The van der Waals surface area contributed by atoms with Crippen molar-refractivity contribution in [3.05, 3.63) is 34.9 Å². The van der Waals surface area contributed by atoms with E-state index < -0.39 is 17.9 Å². The van der Waals surface area contributed by atoms with Crippen LogP contribution in [0.3, 0.4) is 0 Å². The van der Waals surface area contributed by atoms with E-state index in [0.717, 1.165) is 0 Å². The highest BCUT2D eigenvalue weighted by Gasteiger charge is 2.25. The van der Waals surface area contributed by atoms with Gasteiger partial charge >= 0.3 is 5.97 Å². The lowest BCUT2D eigenvalue weighted by Crippen LogP contribution is -2.45. The first-order valence-electron chi connectivity index (χ1n) is 7.16. The molecule has 0 bridgehead atoms. The van der Waals surface area contributed by atoms with E-state index in [0.29, 0.717) is 17.0 Å². The average Bonchev–Trinajstić information content (AvgIpc) is 2.49. The molecule has 1 aromatic rings. The number of Topliss-reactive ketones (excluding diaryl/α,β-unsaturated/α-hetero) is 1. The van der Waals surface area contributed by atoms with E-state index in [2.05, 4.69) is 5.32 Å². The number of ketones is 1. The second-order valence-electron chi connectivity index (χ2n) is 5.20. The highest BCUT2D eigenvalue weighted by Crippen LogP contribution is 2.12. The molecule has 1 amide bonds. The number of hydrogen-bond donors (Lipinski definition) is 2. The number of hydrogen-bond acceptors (Lipinski definition) is 3. The number of aliphatic carboxylic acids is 1. The average molecular weight is 326 g/mol. The molecule has 0 spiro atoms. The minimum Gasteiger partial charge on any atom is -0.480 e. The highest BCUT2D eigenvalue weighted by molar-refractivity contribution is 6.30. The molecule has 0 aliphatic heterocycles. The summed E-state index contributed by atoms with van der Waals surface area (Å²) < 4.78 is 0. The largest absolute Gasteiger partial charge is 0.480 e. The summed E-state index contributed by atoms with van der Waals surface area (Å²) in [6, 6.07) is 5.49. The zero-order chi connectivity index (χ0) is 16.7. The summed E-state index contributed by atoms with van der Waals surface area (Å²) in [5, 5.41) is 12.1. The fourth-order valence-corrected chi connectivity index (χ4v) is 2.06. The van der Waals surface area contributed by atoms with Crippen molar-refractivity contribution in [2.24, 2.45) is 5.92 Å². The number of carbonyl (C=O) groups is 3. The fraction of sp³-hybridized carbons (Fsp3) is 0.438. The summed E-state index contributed by atoms with van der Waals surface area (Å²) >= 11 is 5.74. The lowest BCUT2D eigenvalue weighted by molar-refractivity contribution is -0.143. The van der Waals surface area contributed by atoms with Gasteiger partial charge in [-0.05, 0) is 30.2 Å². The number of carboxylic acids is 1. The standard InChI is InChI=1S/C16H20ClNO4/c1-3-10(2)15(16(21)22)18-14(20)9-8-13(19)11-4-6-12(17)7-5-11/h4-7,10,15H,3,8-9H2,1-2H3,(H,18,20)(H,21,22)/t10-,15-/m0/s1. The van der Waals surface area contributed by atoms with E-state index in [4.69, 9.17) is 16.7 Å². The first kappa shape index (κ1) is 18.2. The Morgan fingerprint density at radius 2 is 1.77 bits per heavy atom. The normalized spacial score (nSPS) is 13.2. The van der Waals surface area contributed by atoms with Crippen molar-refractivity contribution in [1.29, 1.82) is 0 Å². The number of benzene rings is 1. The molecule has 0 saturated carbocycles. The van der Waals surface area contributed by atoms with E-state index in [1.54, 1.807) is 31.2 Å². The van der Waals surface area contributed by atoms with Crippen molar-refractivity contribution in [2.75, 3.05) is 0 Å². The van der Waals surface area contributed by atoms with Crippen LogP contribution in [0.25, 0.3) is 0 Å². The van der Waals surface area contributed by atoms with E-state index in [-0.39, 0.29) is 24.5 Å². The van der Waals surface area contributed by atoms with E-state index in [1.807, 2.05) is 6.92 Å². The van der Waals surface area contributed by atoms with Gasteiger partial charge in [0, 0.05) is 23.4 Å². The predicted octanol–water partition coefficient (Wildman–Crippen LogP) is 2.92. The maximum absolute atomic E-state index is 11.9. The molecule has 0 aliphatic carbocycles. The molecule has 0 aromatic heterocycles. The number of carbonyl (C=O) groups excluding carboxylic acids is 2. The van der Waals surface area contributed by atoms with Crippen LogP contribution in [0.1, 0.15) is 43.5 Å². The Morgan fingerprint density at radius 1 is 1.18 bits per heavy atom. The third-order valence-electron chi connectivity index (χ3n) is 3.54. The molecule has 0 fully saturated rings. The lowest BCUT2D eigenvalue weighted by atomic mass is 9.99. The summed E-state index contributed by atoms with van der Waals surface area (Å²) in [6.07, 6.45) is 0.628. The third kappa shape index (κ3) is 5.48. The molecule has 0 radical (unpaired) electrons. The fourth-order valence-electron chi connectivity index (χ4n) is 1.94. The molecule has 2 N–H and O–H groups in total. The van der Waals surface area contributed by atoms with E-state index >= 15 is 0 Å². The molecular formula is C16H20ClNO4. The van der Waals surface area contributed by atoms with Crippen LogP contribution in [0.2, 0.25) is 5.02 Å². The topological polar surface area (TPSA) is 83.5 Å². The smallest absolute Gasteiger partial charge is 0.326 e. The molecule has 1 aromatic carbocycles. The summed E-state index contributed by atoms with van der Waals surface area (Å²) in [5.41, 5.74) is 0.480. The van der Waals surface area contributed by atoms with Crippen LogP contribution >= 0.6 is 11.6 Å². The van der Waals surface area contributed by atoms with Crippen LogP contribution in [-0.4, -0.2) is 28.8 Å². The predicted molar refractivity (Wildman–Crippen MR) is 84.0 cm³/mol. The first-order chi connectivity index (χ1) is 10.3. The molecule has 2 atom stereocenters. The van der Waals surface area contributed by atoms with Crippen molar-refractivity contribution < 1.29 is 19.5 Å². The molecule has 0 saturated heterocycles. The Hall–Kier alpha value is -1.88. The number of rotatable bonds is 8. The van der Waals surface area contributed by atoms with Crippen LogP contribution in [0.5, 0.6) is 0 Å². The Morgan fingerprint density at radius 3 is 2.27 bits per heavy atom. The zero-order valence-corrected chi connectivity index (χ0v) is 13.4. The summed E-state index contributed by atoms with van der Waals surface area (Å²) in [4.78, 5) is 34.9. The maximum atomic E-state index is 11.9. The molecular weight excluding hydrogens is 306 g/mol. The van der Waals surface area contributed by atoms with Crippen molar-refractivity contribution in [3.8, 4) is 0 Å². The number of halogens is 1. The van der Waals surface area contributed by atoms with Crippen molar-refractivity contribution in [3.63, 3.8) is 0 Å². The van der Waals surface area contributed by atoms with Gasteiger partial charge < -0.3 is 10.4 Å². The molecule has 120 valence electrons. The van der Waals surface area contributed by atoms with E-state index in [9.17, 15) is 14.4 Å². The number of carboxylic acid groups (broad SMARTS) is 1. The van der Waals surface area contributed by atoms with Gasteiger partial charge in [0.1, 0.15) is 6.04 Å². The summed E-state index contributed by atoms with van der Waals surface area (Å²) in [6.45, 7) is 3.62. The summed E-state index contributed by atoms with van der Waals surface area (Å²) in [5.74, 6) is -1.85. The van der Waals surface area contributed by atoms with Gasteiger partial charge in [0.2, 0.25) is 5.91 Å². The zero-order valence-electron chi connectivity index (χ0n) is 12.6. The highest BCUT2D eigenvalue weighted by atomic mass is 35.5. The third-order valence-corrected chi connectivity index (χ3v) is 3.79. The van der Waals surface area contributed by atoms with Gasteiger partial charge in [-0.1, -0.05) is 31.9 Å². The van der Waals surface area contributed by atoms with Crippen LogP contribution < -0.4 is 5.32 Å². The van der Waals surface area contributed by atoms with Crippen LogP contribution in [-0.2, 0) is 9.59 Å². The Kier molecular flexibility index (Phi) is 7.05. The minimum absolute atomic E-state index is 0.0281. The van der Waals surface area contributed by atoms with Crippen molar-refractivity contribution >= 4 is 29.3 Å². The van der Waals surface area contributed by atoms with Gasteiger partial charge in [0.25, 0.3) is 0 Å². The van der Waals surface area contributed by atoms with Crippen molar-refractivity contribution in [1.82, 2.24) is 5.32 Å². The molecule has 0 unspecified atom stereocenters. The quantitative estimate of drug-likeness (QED) is 0.720. The lowest BCUT2D eigenvalue weighted by Gasteiger charge is -2.20. The van der Waals surface area contributed by atoms with Gasteiger partial charge in [0.15, 0.2) is 5.78 Å². The molecule has 22 heavy (non-hydrogen) atoms. The monoisotopic (exact) mass is 325 g/mol. The van der Waals surface area contributed by atoms with Gasteiger partial charge in [-0.3, -0.25) is 9.59 Å². The second kappa shape index (κ2) is 8.54. The number of nitrogens with one attached hydrogen (secondary N) is 1. The molecule has 5 nitrogen and oxygen atoms in total. The molecule has 0 aliphatic rings. The second-order valence-corrected chi connectivity index (χ2v) is 5.64. The summed E-state index contributed by atoms with van der Waals surface area (Å²) in [7, 11) is 0. The van der Waals surface area contributed by atoms with Crippen LogP contribution in [0.15, 0.2) is 24.3 Å².